The van der Waals surface area contributed by atoms with E-state index in [9.17, 15) is 14.5 Å². The van der Waals surface area contributed by atoms with Crippen molar-refractivity contribution in [2.45, 2.75) is 24.5 Å². The van der Waals surface area contributed by atoms with Gasteiger partial charge in [-0.15, -0.1) is 11.6 Å². The normalized spacial score (nSPS) is 13.6. The summed E-state index contributed by atoms with van der Waals surface area (Å²) < 4.78 is 13.1. The average Bonchev–Trinajstić information content (AvgIpc) is 2.38. The summed E-state index contributed by atoms with van der Waals surface area (Å²) in [7, 11) is 0. The van der Waals surface area contributed by atoms with Crippen molar-refractivity contribution in [3.63, 3.8) is 0 Å². The molecule has 1 atom stereocenters. The van der Waals surface area contributed by atoms with E-state index in [0.29, 0.717) is 12.8 Å². The molecule has 0 bridgehead atoms. The molecule has 4 nitrogen and oxygen atoms in total. The van der Waals surface area contributed by atoms with Crippen LogP contribution >= 0.6 is 23.4 Å². The van der Waals surface area contributed by atoms with E-state index in [4.69, 9.17) is 16.9 Å². The summed E-state index contributed by atoms with van der Waals surface area (Å²) in [4.78, 5) is 10.2. The molecule has 0 N–H and O–H groups in total. The average molecular weight is 303 g/mol. The zero-order valence-corrected chi connectivity index (χ0v) is 11.8. The summed E-state index contributed by atoms with van der Waals surface area (Å²) in [6, 6.07) is 3.36. The van der Waals surface area contributed by atoms with E-state index in [1.54, 1.807) is 6.92 Å². The molecule has 0 unspecified atom stereocenters. The van der Waals surface area contributed by atoms with Crippen molar-refractivity contribution in [2.24, 2.45) is 0 Å². The van der Waals surface area contributed by atoms with Crippen LogP contribution in [0.3, 0.4) is 0 Å². The predicted octanol–water partition coefficient (Wildman–Crippen LogP) is 4.18. The second-order valence-electron chi connectivity index (χ2n) is 3.90. The highest BCUT2D eigenvalue weighted by atomic mass is 35.5. The van der Waals surface area contributed by atoms with Crippen molar-refractivity contribution in [2.75, 3.05) is 5.88 Å². The van der Waals surface area contributed by atoms with Gasteiger partial charge in [0.05, 0.1) is 9.67 Å². The van der Waals surface area contributed by atoms with E-state index in [1.807, 2.05) is 5.40 Å². The molecule has 7 heteroatoms. The Labute approximate surface area is 119 Å². The Hall–Kier alpha value is -1.32. The summed E-state index contributed by atoms with van der Waals surface area (Å²) in [6.45, 7) is 1.80. The number of nitro benzene ring substituents is 1. The van der Waals surface area contributed by atoms with E-state index in [1.165, 1.54) is 6.07 Å². The van der Waals surface area contributed by atoms with Crippen molar-refractivity contribution in [1.29, 1.82) is 5.26 Å². The molecule has 0 saturated carbocycles. The van der Waals surface area contributed by atoms with Gasteiger partial charge in [0.25, 0.3) is 5.69 Å². The van der Waals surface area contributed by atoms with Gasteiger partial charge in [-0.05, 0) is 30.7 Å². The first-order valence-electron chi connectivity index (χ1n) is 5.58. The summed E-state index contributed by atoms with van der Waals surface area (Å²) in [6.07, 6.45) is 0.817. The number of nitro groups is 1. The van der Waals surface area contributed by atoms with Crippen molar-refractivity contribution in [1.82, 2.24) is 0 Å². The minimum absolute atomic E-state index is 0.163. The number of rotatable bonds is 6. The van der Waals surface area contributed by atoms with Gasteiger partial charge in [0.2, 0.25) is 0 Å². The lowest BCUT2D eigenvalue weighted by Gasteiger charge is -2.29. The Morgan fingerprint density at radius 2 is 2.32 bits per heavy atom. The molecule has 0 aliphatic carbocycles. The van der Waals surface area contributed by atoms with Crippen LogP contribution in [0, 0.1) is 26.6 Å². The van der Waals surface area contributed by atoms with Crippen LogP contribution in [0.25, 0.3) is 0 Å². The third kappa shape index (κ3) is 3.37. The first-order chi connectivity index (χ1) is 9.00. The first kappa shape index (κ1) is 15.7. The summed E-state index contributed by atoms with van der Waals surface area (Å²) >= 11 is 6.62. The number of hydrogen-bond acceptors (Lipinski definition) is 4. The molecular formula is C12H12ClFN2O2S. The van der Waals surface area contributed by atoms with Gasteiger partial charge in [-0.3, -0.25) is 10.1 Å². The zero-order valence-electron chi connectivity index (χ0n) is 10.2. The molecule has 0 aromatic heterocycles. The molecule has 0 heterocycles. The number of hydrogen-bond donors (Lipinski definition) is 0. The van der Waals surface area contributed by atoms with Gasteiger partial charge in [-0.2, -0.15) is 5.26 Å². The van der Waals surface area contributed by atoms with Gasteiger partial charge in [0, 0.05) is 23.6 Å². The van der Waals surface area contributed by atoms with Gasteiger partial charge in [0.1, 0.15) is 11.2 Å². The summed E-state index contributed by atoms with van der Waals surface area (Å²) in [5.74, 6) is -0.315. The molecule has 0 spiro atoms. The molecule has 102 valence electrons. The predicted molar refractivity (Wildman–Crippen MR) is 73.6 cm³/mol. The van der Waals surface area contributed by atoms with Gasteiger partial charge in [-0.25, -0.2) is 4.39 Å². The lowest BCUT2D eigenvalue weighted by atomic mass is 9.92. The standard InChI is InChI=1S/C12H12ClFN2O2S/c1-2-12(5-6-13,19-8-15)10-7-9(16(17)18)3-4-11(10)14/h3-4,7H,2,5-6H2,1H3/t12-/m0/s1. The van der Waals surface area contributed by atoms with E-state index in [2.05, 4.69) is 0 Å². The monoisotopic (exact) mass is 302 g/mol. The van der Waals surface area contributed by atoms with Gasteiger partial charge in [0.15, 0.2) is 0 Å². The number of alkyl halides is 1. The van der Waals surface area contributed by atoms with Gasteiger partial charge < -0.3 is 0 Å². The number of halogens is 2. The SMILES string of the molecule is CC[C@@](CCCl)(SC#N)c1cc([N+](=O)[O-])ccc1F. The molecule has 0 aliphatic heterocycles. The lowest BCUT2D eigenvalue weighted by Crippen LogP contribution is -2.23. The third-order valence-corrected chi connectivity index (χ3v) is 4.35. The molecule has 1 aromatic rings. The zero-order chi connectivity index (χ0) is 14.5. The van der Waals surface area contributed by atoms with E-state index < -0.39 is 15.5 Å². The Kier molecular flexibility index (Phi) is 5.58. The largest absolute Gasteiger partial charge is 0.269 e. The van der Waals surface area contributed by atoms with Crippen LogP contribution in [0.5, 0.6) is 0 Å². The maximum Gasteiger partial charge on any atom is 0.269 e. The van der Waals surface area contributed by atoms with Crippen LogP contribution in [-0.4, -0.2) is 10.8 Å². The van der Waals surface area contributed by atoms with E-state index >= 15 is 0 Å². The van der Waals surface area contributed by atoms with Crippen molar-refractivity contribution < 1.29 is 9.31 Å². The number of thioether (sulfide) groups is 1. The fourth-order valence-electron chi connectivity index (χ4n) is 1.90. The van der Waals surface area contributed by atoms with Crippen LogP contribution in [0.15, 0.2) is 18.2 Å². The fourth-order valence-corrected chi connectivity index (χ4v) is 3.12. The fraction of sp³-hybridized carbons (Fsp3) is 0.417. The van der Waals surface area contributed by atoms with Crippen LogP contribution in [-0.2, 0) is 4.75 Å². The molecule has 0 amide bonds. The Balaban J connectivity index is 3.40. The second-order valence-corrected chi connectivity index (χ2v) is 5.45. The van der Waals surface area contributed by atoms with Gasteiger partial charge >= 0.3 is 0 Å². The number of non-ortho nitro benzene ring substituents is 1. The molecule has 1 rings (SSSR count). The number of nitriles is 1. The van der Waals surface area contributed by atoms with Crippen molar-refractivity contribution in [3.05, 3.63) is 39.7 Å². The third-order valence-electron chi connectivity index (χ3n) is 2.96. The topological polar surface area (TPSA) is 66.9 Å². The van der Waals surface area contributed by atoms with Crippen LogP contribution < -0.4 is 0 Å². The Morgan fingerprint density at radius 3 is 2.79 bits per heavy atom. The van der Waals surface area contributed by atoms with Gasteiger partial charge in [-0.1, -0.05) is 6.92 Å². The van der Waals surface area contributed by atoms with Crippen LogP contribution in [0.2, 0.25) is 0 Å². The maximum absolute atomic E-state index is 14.0. The smallest absolute Gasteiger partial charge is 0.258 e. The Morgan fingerprint density at radius 1 is 1.63 bits per heavy atom. The number of benzene rings is 1. The highest BCUT2D eigenvalue weighted by Crippen LogP contribution is 2.44. The molecule has 0 fully saturated rings. The molecule has 0 aliphatic rings. The Bertz CT molecular complexity index is 521. The van der Waals surface area contributed by atoms with Crippen LogP contribution in [0.1, 0.15) is 25.3 Å². The molecule has 0 saturated heterocycles. The molecule has 0 radical (unpaired) electrons. The maximum atomic E-state index is 14.0. The lowest BCUT2D eigenvalue weighted by molar-refractivity contribution is -0.385. The highest BCUT2D eigenvalue weighted by molar-refractivity contribution is 8.04. The number of nitrogens with zero attached hydrogens (tertiary/aromatic N) is 2. The van der Waals surface area contributed by atoms with Crippen LogP contribution in [0.4, 0.5) is 10.1 Å². The second kappa shape index (κ2) is 6.73. The minimum Gasteiger partial charge on any atom is -0.258 e. The quantitative estimate of drug-likeness (QED) is 0.342. The summed E-state index contributed by atoms with van der Waals surface area (Å²) in [5, 5.41) is 21.6. The number of thiocyanates is 1. The summed E-state index contributed by atoms with van der Waals surface area (Å²) in [5.41, 5.74) is -0.0289. The molecule has 19 heavy (non-hydrogen) atoms. The van der Waals surface area contributed by atoms with Crippen molar-refractivity contribution >= 4 is 29.1 Å². The molecule has 1 aromatic carbocycles. The van der Waals surface area contributed by atoms with E-state index in [-0.39, 0.29) is 17.1 Å². The molecular weight excluding hydrogens is 291 g/mol. The van der Waals surface area contributed by atoms with Crippen molar-refractivity contribution in [3.8, 4) is 5.40 Å². The van der Waals surface area contributed by atoms with E-state index in [0.717, 1.165) is 23.9 Å². The first-order valence-corrected chi connectivity index (χ1v) is 6.93. The minimum atomic E-state index is -0.855. The highest BCUT2D eigenvalue weighted by Gasteiger charge is 2.35.